The van der Waals surface area contributed by atoms with E-state index in [1.165, 1.54) is 6.07 Å². The maximum Gasteiger partial charge on any atom is 0.191 e. The smallest absolute Gasteiger partial charge is 0.191 e. The van der Waals surface area contributed by atoms with Crippen LogP contribution in [-0.4, -0.2) is 5.11 Å². The summed E-state index contributed by atoms with van der Waals surface area (Å²) in [5.74, 6) is 0. The maximum atomic E-state index is 11.3. The number of aromatic hydroxyl groups is 1. The van der Waals surface area contributed by atoms with Crippen LogP contribution >= 0.6 is 22.9 Å². The summed E-state index contributed by atoms with van der Waals surface area (Å²) in [6.07, 6.45) is 0. The SMILES string of the molecule is O=c1cc(O)sc2ccc(Cl)cc12. The summed E-state index contributed by atoms with van der Waals surface area (Å²) in [6.45, 7) is 0. The lowest BCUT2D eigenvalue weighted by atomic mass is 10.2. The molecule has 66 valence electrons. The lowest BCUT2D eigenvalue weighted by Gasteiger charge is -1.96. The number of rotatable bonds is 0. The first kappa shape index (κ1) is 8.53. The molecule has 0 atom stereocenters. The molecule has 0 saturated carbocycles. The minimum Gasteiger partial charge on any atom is -0.499 e. The fourth-order valence-corrected chi connectivity index (χ4v) is 2.08. The Labute approximate surface area is 83.0 Å². The van der Waals surface area contributed by atoms with Gasteiger partial charge in [0.05, 0.1) is 0 Å². The largest absolute Gasteiger partial charge is 0.499 e. The zero-order chi connectivity index (χ0) is 9.42. The number of halogens is 1. The van der Waals surface area contributed by atoms with Gasteiger partial charge in [0, 0.05) is 21.2 Å². The van der Waals surface area contributed by atoms with E-state index in [1.54, 1.807) is 18.2 Å². The van der Waals surface area contributed by atoms with Crippen LogP contribution in [0.4, 0.5) is 0 Å². The molecule has 0 amide bonds. The lowest BCUT2D eigenvalue weighted by molar-refractivity contribution is 0.490. The first-order valence-electron chi connectivity index (χ1n) is 3.59. The monoisotopic (exact) mass is 212 g/mol. The Balaban J connectivity index is 2.95. The van der Waals surface area contributed by atoms with Crippen LogP contribution in [0.1, 0.15) is 0 Å². The summed E-state index contributed by atoms with van der Waals surface area (Å²) in [6, 6.07) is 6.22. The molecule has 0 aliphatic rings. The molecular formula is C9H5ClO2S. The minimum absolute atomic E-state index is 0.0276. The van der Waals surface area contributed by atoms with Crippen LogP contribution in [0.5, 0.6) is 5.06 Å². The van der Waals surface area contributed by atoms with Gasteiger partial charge >= 0.3 is 0 Å². The molecule has 0 fully saturated rings. The van der Waals surface area contributed by atoms with Crippen molar-refractivity contribution in [3.8, 4) is 5.06 Å². The van der Waals surface area contributed by atoms with Gasteiger partial charge in [0.25, 0.3) is 0 Å². The third-order valence-corrected chi connectivity index (χ3v) is 2.81. The molecule has 0 spiro atoms. The summed E-state index contributed by atoms with van der Waals surface area (Å²) in [5, 5.41) is 10.3. The third-order valence-electron chi connectivity index (χ3n) is 1.68. The van der Waals surface area contributed by atoms with Crippen LogP contribution in [-0.2, 0) is 0 Å². The first-order chi connectivity index (χ1) is 6.16. The molecule has 13 heavy (non-hydrogen) atoms. The standard InChI is InChI=1S/C9H5ClO2S/c10-5-1-2-8-6(3-5)7(11)4-9(12)13-8/h1-4,12H. The summed E-state index contributed by atoms with van der Waals surface area (Å²) >= 11 is 6.90. The van der Waals surface area contributed by atoms with Crippen molar-refractivity contribution >= 4 is 33.0 Å². The maximum absolute atomic E-state index is 11.3. The number of hydrogen-bond acceptors (Lipinski definition) is 3. The molecule has 2 aromatic rings. The second-order valence-electron chi connectivity index (χ2n) is 2.59. The highest BCUT2D eigenvalue weighted by Gasteiger charge is 2.01. The van der Waals surface area contributed by atoms with Crippen LogP contribution in [0.15, 0.2) is 29.1 Å². The first-order valence-corrected chi connectivity index (χ1v) is 4.78. The van der Waals surface area contributed by atoms with E-state index in [1.807, 2.05) is 0 Å². The van der Waals surface area contributed by atoms with Gasteiger partial charge in [0.15, 0.2) is 10.5 Å². The summed E-state index contributed by atoms with van der Waals surface area (Å²) < 4.78 is 0.745. The van der Waals surface area contributed by atoms with E-state index in [0.29, 0.717) is 10.4 Å². The number of hydrogen-bond donors (Lipinski definition) is 1. The van der Waals surface area contributed by atoms with Crippen molar-refractivity contribution in [1.29, 1.82) is 0 Å². The fourth-order valence-electron chi connectivity index (χ4n) is 1.12. The summed E-state index contributed by atoms with van der Waals surface area (Å²) in [4.78, 5) is 11.3. The second kappa shape index (κ2) is 3.01. The van der Waals surface area contributed by atoms with Crippen LogP contribution in [0.25, 0.3) is 10.1 Å². The highest BCUT2D eigenvalue weighted by molar-refractivity contribution is 7.19. The molecule has 1 aromatic carbocycles. The van der Waals surface area contributed by atoms with E-state index in [2.05, 4.69) is 0 Å². The molecule has 0 aliphatic carbocycles. The Kier molecular flexibility index (Phi) is 1.98. The Bertz CT molecular complexity index is 518. The molecule has 2 nitrogen and oxygen atoms in total. The van der Waals surface area contributed by atoms with E-state index in [9.17, 15) is 4.79 Å². The van der Waals surface area contributed by atoms with Crippen molar-refractivity contribution < 1.29 is 5.11 Å². The van der Waals surface area contributed by atoms with Gasteiger partial charge in [0.2, 0.25) is 0 Å². The van der Waals surface area contributed by atoms with E-state index in [0.717, 1.165) is 16.0 Å². The van der Waals surface area contributed by atoms with Gasteiger partial charge in [0.1, 0.15) is 0 Å². The topological polar surface area (TPSA) is 37.3 Å². The van der Waals surface area contributed by atoms with Gasteiger partial charge in [-0.2, -0.15) is 0 Å². The Morgan fingerprint density at radius 1 is 1.31 bits per heavy atom. The minimum atomic E-state index is -0.200. The Hall–Kier alpha value is -1.06. The highest BCUT2D eigenvalue weighted by Crippen LogP contribution is 2.25. The van der Waals surface area contributed by atoms with Crippen LogP contribution in [0.2, 0.25) is 5.02 Å². The van der Waals surface area contributed by atoms with Crippen LogP contribution < -0.4 is 5.43 Å². The predicted molar refractivity (Wildman–Crippen MR) is 54.8 cm³/mol. The Morgan fingerprint density at radius 3 is 2.85 bits per heavy atom. The normalized spacial score (nSPS) is 10.5. The van der Waals surface area contributed by atoms with Gasteiger partial charge in [-0.3, -0.25) is 4.79 Å². The number of fused-ring (bicyclic) bond motifs is 1. The van der Waals surface area contributed by atoms with Gasteiger partial charge in [-0.15, -0.1) is 0 Å². The second-order valence-corrected chi connectivity index (χ2v) is 4.09. The molecule has 1 N–H and O–H groups in total. The van der Waals surface area contributed by atoms with Crippen molar-refractivity contribution in [2.24, 2.45) is 0 Å². The molecule has 0 unspecified atom stereocenters. The van der Waals surface area contributed by atoms with Gasteiger partial charge < -0.3 is 5.11 Å². The van der Waals surface area contributed by atoms with E-state index in [4.69, 9.17) is 16.7 Å². The molecule has 0 radical (unpaired) electrons. The van der Waals surface area contributed by atoms with E-state index < -0.39 is 0 Å². The summed E-state index contributed by atoms with van der Waals surface area (Å²) in [7, 11) is 0. The molecule has 0 saturated heterocycles. The van der Waals surface area contributed by atoms with Crippen molar-refractivity contribution in [2.75, 3.05) is 0 Å². The van der Waals surface area contributed by atoms with Crippen molar-refractivity contribution in [3.05, 3.63) is 39.5 Å². The number of benzene rings is 1. The summed E-state index contributed by atoms with van der Waals surface area (Å²) in [5.41, 5.74) is -0.200. The van der Waals surface area contributed by atoms with Crippen LogP contribution in [0, 0.1) is 0 Å². The predicted octanol–water partition coefficient (Wildman–Crippen LogP) is 2.62. The molecule has 0 aliphatic heterocycles. The van der Waals surface area contributed by atoms with Crippen molar-refractivity contribution in [3.63, 3.8) is 0 Å². The molecule has 1 heterocycles. The highest BCUT2D eigenvalue weighted by atomic mass is 35.5. The molecule has 1 aromatic heterocycles. The van der Waals surface area contributed by atoms with Gasteiger partial charge in [-0.1, -0.05) is 22.9 Å². The molecular weight excluding hydrogens is 208 g/mol. The van der Waals surface area contributed by atoms with Gasteiger partial charge in [-0.05, 0) is 18.2 Å². The lowest BCUT2D eigenvalue weighted by Crippen LogP contribution is -1.96. The quantitative estimate of drug-likeness (QED) is 0.729. The zero-order valence-corrected chi connectivity index (χ0v) is 8.02. The zero-order valence-electron chi connectivity index (χ0n) is 6.45. The average Bonchev–Trinajstić information content (AvgIpc) is 2.06. The van der Waals surface area contributed by atoms with Gasteiger partial charge in [-0.25, -0.2) is 0 Å². The Morgan fingerprint density at radius 2 is 2.08 bits per heavy atom. The van der Waals surface area contributed by atoms with Crippen molar-refractivity contribution in [1.82, 2.24) is 0 Å². The average molecular weight is 213 g/mol. The fraction of sp³-hybridized carbons (Fsp3) is 0. The van der Waals surface area contributed by atoms with Crippen LogP contribution in [0.3, 0.4) is 0 Å². The molecule has 4 heteroatoms. The molecule has 0 bridgehead atoms. The molecule has 2 rings (SSSR count). The van der Waals surface area contributed by atoms with E-state index >= 15 is 0 Å². The van der Waals surface area contributed by atoms with Crippen molar-refractivity contribution in [2.45, 2.75) is 0 Å². The third kappa shape index (κ3) is 1.53. The van der Waals surface area contributed by atoms with E-state index in [-0.39, 0.29) is 10.5 Å².